The molecule has 1 N–H and O–H groups in total. The number of amides is 1. The van der Waals surface area contributed by atoms with E-state index >= 15 is 0 Å². The number of hydrogen-bond acceptors (Lipinski definition) is 2. The monoisotopic (exact) mass is 100 g/mol. The second kappa shape index (κ2) is 3.68. The Morgan fingerprint density at radius 2 is 2.57 bits per heavy atom. The van der Waals surface area contributed by atoms with Crippen molar-refractivity contribution < 1.29 is 4.79 Å². The molecule has 40 valence electrons. The topological polar surface area (TPSA) is 32.3 Å². The van der Waals surface area contributed by atoms with Crippen molar-refractivity contribution in [3.8, 4) is 0 Å². The van der Waals surface area contributed by atoms with Gasteiger partial charge in [0.2, 0.25) is 14.4 Å². The van der Waals surface area contributed by atoms with Gasteiger partial charge in [-0.2, -0.15) is 0 Å². The van der Waals surface area contributed by atoms with E-state index in [4.69, 9.17) is 0 Å². The van der Waals surface area contributed by atoms with E-state index in [0.29, 0.717) is 6.54 Å². The summed E-state index contributed by atoms with van der Waals surface area (Å²) in [5, 5.41) is 4.11. The van der Waals surface area contributed by atoms with Crippen molar-refractivity contribution in [1.29, 1.82) is 0 Å². The molecule has 0 rings (SSSR count). The maximum Gasteiger partial charge on any atom is 0.222 e. The molecule has 0 spiro atoms. The lowest BCUT2D eigenvalue weighted by atomic mass is 10.5. The predicted molar refractivity (Wildman–Crippen MR) is 30.1 cm³/mol. The summed E-state index contributed by atoms with van der Waals surface area (Å²) in [7, 11) is 1.71. The number of carbonyl (C=O) groups is 1. The maximum atomic E-state index is 9.83. The molecule has 1 amide bonds. The van der Waals surface area contributed by atoms with Crippen LogP contribution in [-0.2, 0) is 4.79 Å². The van der Waals surface area contributed by atoms with E-state index in [-0.39, 0.29) is 0 Å². The van der Waals surface area contributed by atoms with E-state index < -0.39 is 0 Å². The van der Waals surface area contributed by atoms with Crippen LogP contribution in [-0.4, -0.2) is 25.9 Å². The van der Waals surface area contributed by atoms with Gasteiger partial charge in [-0.05, 0) is 6.92 Å². The highest BCUT2D eigenvalue weighted by Crippen LogP contribution is 1.66. The van der Waals surface area contributed by atoms with Crippen molar-refractivity contribution >= 4 is 14.4 Å². The molecule has 0 aliphatic heterocycles. The van der Waals surface area contributed by atoms with Gasteiger partial charge in [0.05, 0.1) is 0 Å². The van der Waals surface area contributed by atoms with E-state index in [1.54, 1.807) is 7.98 Å². The number of nitrogens with one attached hydrogen (secondary N) is 1. The average molecular weight is 99.9 g/mol. The van der Waals surface area contributed by atoms with Gasteiger partial charge in [0.25, 0.3) is 0 Å². The highest BCUT2D eigenvalue weighted by Gasteiger charge is 1.86. The predicted octanol–water partition coefficient (Wildman–Crippen LogP) is -1.48. The summed E-state index contributed by atoms with van der Waals surface area (Å²) in [6.07, 6.45) is 0.750. The third-order valence-electron chi connectivity index (χ3n) is 0.755. The molecule has 0 unspecified atom stereocenters. The van der Waals surface area contributed by atoms with Gasteiger partial charge in [-0.3, -0.25) is 15.1 Å². The Morgan fingerprint density at radius 1 is 2.00 bits per heavy atom. The molecule has 0 radical (unpaired) electrons. The van der Waals surface area contributed by atoms with E-state index in [1.165, 1.54) is 5.01 Å². The summed E-state index contributed by atoms with van der Waals surface area (Å²) in [5.41, 5.74) is 0. The number of carbonyl (C=O) groups excluding carboxylic acids is 1. The molecule has 0 aromatic carbocycles. The first-order chi connectivity index (χ1) is 3.35. The summed E-state index contributed by atoms with van der Waals surface area (Å²) in [4.78, 5) is 9.83. The lowest BCUT2D eigenvalue weighted by molar-refractivity contribution is -0.119. The molecule has 0 aliphatic rings. The lowest BCUT2D eigenvalue weighted by Crippen LogP contribution is -2.34. The molecular weight excluding hydrogens is 90.9 g/mol. The van der Waals surface area contributed by atoms with Gasteiger partial charge in [0.1, 0.15) is 0 Å². The van der Waals surface area contributed by atoms with Gasteiger partial charge < -0.3 is 0 Å². The Hall–Kier alpha value is -0.505. The number of nitrogens with zero attached hydrogens (tertiary/aromatic N) is 1. The van der Waals surface area contributed by atoms with Crippen LogP contribution in [0.2, 0.25) is 0 Å². The molecule has 0 aliphatic carbocycles. The number of hydrogen-bond donors (Lipinski definition) is 1. The van der Waals surface area contributed by atoms with Crippen molar-refractivity contribution in [2.75, 3.05) is 6.54 Å². The van der Waals surface area contributed by atoms with E-state index in [0.717, 1.165) is 6.41 Å². The molecule has 0 aromatic heterocycles. The normalized spacial score (nSPS) is 8.14. The summed E-state index contributed by atoms with van der Waals surface area (Å²) >= 11 is 0. The SMILES string of the molecule is BNN(C=O)CC. The van der Waals surface area contributed by atoms with E-state index in [9.17, 15) is 4.79 Å². The number of rotatable bonds is 3. The van der Waals surface area contributed by atoms with Crippen LogP contribution >= 0.6 is 0 Å². The van der Waals surface area contributed by atoms with Crippen molar-refractivity contribution in [3.63, 3.8) is 0 Å². The summed E-state index contributed by atoms with van der Waals surface area (Å²) in [5.74, 6) is 0. The third-order valence-corrected chi connectivity index (χ3v) is 0.755. The second-order valence-corrected chi connectivity index (χ2v) is 1.12. The zero-order chi connectivity index (χ0) is 5.70. The molecule has 7 heavy (non-hydrogen) atoms. The highest BCUT2D eigenvalue weighted by atomic mass is 16.1. The van der Waals surface area contributed by atoms with Crippen LogP contribution in [0.3, 0.4) is 0 Å². The highest BCUT2D eigenvalue weighted by molar-refractivity contribution is 6.04. The largest absolute Gasteiger partial charge is 0.292 e. The number of hydrazine groups is 1. The molecule has 0 atom stereocenters. The minimum absolute atomic E-state index is 0.708. The Balaban J connectivity index is 3.16. The molecule has 0 heterocycles. The summed E-state index contributed by atoms with van der Waals surface area (Å²) in [6.45, 7) is 2.60. The van der Waals surface area contributed by atoms with E-state index in [1.807, 2.05) is 6.92 Å². The van der Waals surface area contributed by atoms with Gasteiger partial charge in [-0.15, -0.1) is 0 Å². The molecule has 0 saturated carbocycles. The van der Waals surface area contributed by atoms with E-state index in [2.05, 4.69) is 5.34 Å². The fraction of sp³-hybridized carbons (Fsp3) is 0.667. The summed E-state index contributed by atoms with van der Waals surface area (Å²) < 4.78 is 0. The fourth-order valence-electron chi connectivity index (χ4n) is 0.285. The smallest absolute Gasteiger partial charge is 0.222 e. The molecule has 0 aromatic rings. The van der Waals surface area contributed by atoms with Gasteiger partial charge in [-0.25, -0.2) is 0 Å². The fourth-order valence-corrected chi connectivity index (χ4v) is 0.285. The van der Waals surface area contributed by atoms with Gasteiger partial charge in [0, 0.05) is 6.54 Å². The van der Waals surface area contributed by atoms with Crippen molar-refractivity contribution in [3.05, 3.63) is 0 Å². The van der Waals surface area contributed by atoms with Gasteiger partial charge >= 0.3 is 0 Å². The van der Waals surface area contributed by atoms with Crippen LogP contribution in [0, 0.1) is 0 Å². The standard InChI is InChI=1S/C3H9BN2O/c1-2-6(3-7)5-4/h3,5H,2,4H2,1H3. The summed E-state index contributed by atoms with van der Waals surface area (Å²) in [6, 6.07) is 0. The zero-order valence-electron chi connectivity index (χ0n) is 4.64. The van der Waals surface area contributed by atoms with Crippen LogP contribution in [0.4, 0.5) is 0 Å². The van der Waals surface area contributed by atoms with Crippen LogP contribution in [0.25, 0.3) is 0 Å². The molecule has 0 saturated heterocycles. The first-order valence-electron chi connectivity index (χ1n) is 2.24. The average Bonchev–Trinajstić information content (AvgIpc) is 1.72. The van der Waals surface area contributed by atoms with Crippen LogP contribution < -0.4 is 5.34 Å². The van der Waals surface area contributed by atoms with Gasteiger partial charge in [-0.1, -0.05) is 0 Å². The molecule has 0 fully saturated rings. The minimum Gasteiger partial charge on any atom is -0.292 e. The molecule has 4 heteroatoms. The Morgan fingerprint density at radius 3 is 2.57 bits per heavy atom. The van der Waals surface area contributed by atoms with Crippen LogP contribution in [0.5, 0.6) is 0 Å². The lowest BCUT2D eigenvalue weighted by Gasteiger charge is -2.10. The second-order valence-electron chi connectivity index (χ2n) is 1.12. The maximum absolute atomic E-state index is 9.83. The van der Waals surface area contributed by atoms with Crippen LogP contribution in [0.15, 0.2) is 0 Å². The Kier molecular flexibility index (Phi) is 3.41. The first kappa shape index (κ1) is 6.49. The zero-order valence-corrected chi connectivity index (χ0v) is 4.64. The molecule has 3 nitrogen and oxygen atoms in total. The Bertz CT molecular complexity index is 54.9. The first-order valence-corrected chi connectivity index (χ1v) is 2.24. The van der Waals surface area contributed by atoms with Crippen molar-refractivity contribution in [1.82, 2.24) is 10.3 Å². The Labute approximate surface area is 44.1 Å². The minimum atomic E-state index is 0.708. The van der Waals surface area contributed by atoms with Crippen molar-refractivity contribution in [2.24, 2.45) is 0 Å². The quantitative estimate of drug-likeness (QED) is 0.266. The van der Waals surface area contributed by atoms with Gasteiger partial charge in [0.15, 0.2) is 0 Å². The molecular formula is C3H9BN2O. The van der Waals surface area contributed by atoms with Crippen molar-refractivity contribution in [2.45, 2.75) is 6.92 Å². The van der Waals surface area contributed by atoms with Crippen LogP contribution in [0.1, 0.15) is 6.92 Å². The molecule has 0 bridgehead atoms. The third kappa shape index (κ3) is 2.22.